The summed E-state index contributed by atoms with van der Waals surface area (Å²) in [6, 6.07) is 8.37. The summed E-state index contributed by atoms with van der Waals surface area (Å²) in [7, 11) is 0. The van der Waals surface area contributed by atoms with Crippen LogP contribution in [0.15, 0.2) is 58.3 Å². The molecule has 12 heteroatoms. The number of amides is 2. The first kappa shape index (κ1) is 23.4. The highest BCUT2D eigenvalue weighted by Gasteiger charge is 2.38. The number of anilines is 1. The molecule has 0 spiro atoms. The van der Waals surface area contributed by atoms with E-state index < -0.39 is 40.6 Å². The Morgan fingerprint density at radius 2 is 1.72 bits per heavy atom. The summed E-state index contributed by atoms with van der Waals surface area (Å²) in [4.78, 5) is 51.8. The van der Waals surface area contributed by atoms with Crippen molar-refractivity contribution in [3.8, 4) is 5.69 Å². The van der Waals surface area contributed by atoms with E-state index in [1.165, 1.54) is 29.2 Å². The van der Waals surface area contributed by atoms with Gasteiger partial charge in [0.1, 0.15) is 5.56 Å². The van der Waals surface area contributed by atoms with E-state index in [0.29, 0.717) is 18.8 Å². The Morgan fingerprint density at radius 1 is 1.03 bits per heavy atom. The van der Waals surface area contributed by atoms with Gasteiger partial charge in [0, 0.05) is 25.0 Å². The Kier molecular flexibility index (Phi) is 5.46. The first-order chi connectivity index (χ1) is 17.1. The van der Waals surface area contributed by atoms with Gasteiger partial charge in [-0.15, -0.1) is 0 Å². The van der Waals surface area contributed by atoms with Crippen LogP contribution in [0.1, 0.15) is 39.5 Å². The summed E-state index contributed by atoms with van der Waals surface area (Å²) in [6.07, 6.45) is -3.69. The molecule has 1 unspecified atom stereocenters. The van der Waals surface area contributed by atoms with Crippen molar-refractivity contribution < 1.29 is 27.9 Å². The zero-order valence-electron chi connectivity index (χ0n) is 18.6. The molecule has 2 amide bonds. The molecule has 1 aliphatic carbocycles. The van der Waals surface area contributed by atoms with Crippen LogP contribution in [0.4, 0.5) is 23.7 Å². The number of aromatic carboxylic acids is 1. The lowest BCUT2D eigenvalue weighted by atomic mass is 10.0. The minimum absolute atomic E-state index is 0.0122. The fourth-order valence-corrected chi connectivity index (χ4v) is 4.86. The molecule has 1 aromatic heterocycles. The molecule has 1 aliphatic heterocycles. The number of hydrogen-bond donors (Lipinski definition) is 2. The van der Waals surface area contributed by atoms with Crippen LogP contribution in [-0.2, 0) is 12.6 Å². The zero-order valence-corrected chi connectivity index (χ0v) is 18.6. The lowest BCUT2D eigenvalue weighted by Crippen LogP contribution is -2.43. The van der Waals surface area contributed by atoms with Gasteiger partial charge in [-0.05, 0) is 54.3 Å². The smallest absolute Gasteiger partial charge is 0.416 e. The van der Waals surface area contributed by atoms with Crippen LogP contribution in [-0.4, -0.2) is 39.3 Å². The molecule has 186 valence electrons. The molecule has 0 saturated carbocycles. The number of aromatic nitrogens is 2. The fraction of sp³-hybridized carbons (Fsp3) is 0.250. The van der Waals surface area contributed by atoms with Crippen LogP contribution in [0.2, 0.25) is 0 Å². The van der Waals surface area contributed by atoms with Gasteiger partial charge < -0.3 is 10.4 Å². The van der Waals surface area contributed by atoms with Crippen LogP contribution < -0.4 is 21.5 Å². The number of hydrogen-bond acceptors (Lipinski definition) is 4. The third kappa shape index (κ3) is 3.74. The Labute approximate surface area is 201 Å². The zero-order chi connectivity index (χ0) is 25.8. The van der Waals surface area contributed by atoms with E-state index >= 15 is 0 Å². The van der Waals surface area contributed by atoms with Crippen molar-refractivity contribution in [1.29, 1.82) is 0 Å². The van der Waals surface area contributed by atoms with Gasteiger partial charge in [-0.1, -0.05) is 12.1 Å². The summed E-state index contributed by atoms with van der Waals surface area (Å²) >= 11 is 0. The van der Waals surface area contributed by atoms with Crippen molar-refractivity contribution in [2.75, 3.05) is 18.0 Å². The van der Waals surface area contributed by atoms with Gasteiger partial charge in [-0.25, -0.2) is 14.4 Å². The Bertz CT molecular complexity index is 1510. The number of nitrogens with one attached hydrogen (secondary N) is 1. The molecular weight excluding hydrogens is 481 g/mol. The molecule has 9 nitrogen and oxygen atoms in total. The van der Waals surface area contributed by atoms with Gasteiger partial charge >= 0.3 is 23.9 Å². The normalized spacial score (nSPS) is 17.2. The molecule has 0 radical (unpaired) electrons. The van der Waals surface area contributed by atoms with Crippen molar-refractivity contribution in [1.82, 2.24) is 14.5 Å². The summed E-state index contributed by atoms with van der Waals surface area (Å²) in [5.41, 5.74) is -2.59. The van der Waals surface area contributed by atoms with Crippen LogP contribution >= 0.6 is 0 Å². The van der Waals surface area contributed by atoms with Gasteiger partial charge in [0.2, 0.25) is 0 Å². The van der Waals surface area contributed by atoms with Crippen LogP contribution in [0.25, 0.3) is 5.69 Å². The Hall–Kier alpha value is -4.35. The van der Waals surface area contributed by atoms with E-state index in [4.69, 9.17) is 0 Å². The number of carboxylic acid groups (broad SMARTS) is 1. The van der Waals surface area contributed by atoms with Gasteiger partial charge in [-0.3, -0.25) is 18.8 Å². The second kappa shape index (κ2) is 8.40. The summed E-state index contributed by atoms with van der Waals surface area (Å²) in [6.45, 7) is 0.930. The molecule has 2 aromatic carbocycles. The maximum absolute atomic E-state index is 13.5. The molecule has 1 saturated heterocycles. The number of carbonyl (C=O) groups is 2. The second-order valence-electron chi connectivity index (χ2n) is 8.50. The lowest BCUT2D eigenvalue weighted by molar-refractivity contribution is -0.138. The highest BCUT2D eigenvalue weighted by atomic mass is 19.4. The first-order valence-electron chi connectivity index (χ1n) is 11.0. The Morgan fingerprint density at radius 3 is 2.33 bits per heavy atom. The molecule has 2 heterocycles. The number of alkyl halides is 3. The maximum Gasteiger partial charge on any atom is 0.416 e. The van der Waals surface area contributed by atoms with Gasteiger partial charge in [0.05, 0.1) is 17.3 Å². The first-order valence-corrected chi connectivity index (χ1v) is 11.0. The number of fused-ring (bicyclic) bond motifs is 1. The van der Waals surface area contributed by atoms with Gasteiger partial charge in [-0.2, -0.15) is 13.2 Å². The topological polar surface area (TPSA) is 114 Å². The van der Waals surface area contributed by atoms with Gasteiger partial charge in [0.15, 0.2) is 0 Å². The number of rotatable bonds is 4. The minimum atomic E-state index is -4.61. The number of carbonyl (C=O) groups excluding carboxylic acids is 1. The second-order valence-corrected chi connectivity index (χ2v) is 8.50. The van der Waals surface area contributed by atoms with Crippen molar-refractivity contribution in [3.63, 3.8) is 0 Å². The summed E-state index contributed by atoms with van der Waals surface area (Å²) in [5, 5.41) is 12.3. The van der Waals surface area contributed by atoms with E-state index in [1.807, 2.05) is 0 Å². The largest absolute Gasteiger partial charge is 0.477 e. The molecule has 36 heavy (non-hydrogen) atoms. The summed E-state index contributed by atoms with van der Waals surface area (Å²) < 4.78 is 42.2. The molecule has 3 aromatic rings. The van der Waals surface area contributed by atoms with Crippen LogP contribution in [0, 0.1) is 0 Å². The van der Waals surface area contributed by atoms with Crippen molar-refractivity contribution in [2.45, 2.75) is 25.1 Å². The predicted octanol–water partition coefficient (Wildman–Crippen LogP) is 2.78. The standard InChI is InChI=1S/C24H19F3N4O5/c25-24(26,27)18-3-1-2-16-15(18)8-9-19(16)31-20(32)17(21(33)34)12-30(23(31)36)14-6-4-13(5-7-14)29-11-10-28-22(29)35/h1-7,12,19H,8-11H2,(H,28,35)(H,33,34). The Balaban J connectivity index is 1.65. The molecule has 1 atom stereocenters. The van der Waals surface area contributed by atoms with E-state index in [0.717, 1.165) is 21.4 Å². The average molecular weight is 500 g/mol. The van der Waals surface area contributed by atoms with E-state index in [1.54, 1.807) is 12.1 Å². The fourth-order valence-electron chi connectivity index (χ4n) is 4.86. The van der Waals surface area contributed by atoms with E-state index in [9.17, 15) is 37.5 Å². The monoisotopic (exact) mass is 500 g/mol. The predicted molar refractivity (Wildman–Crippen MR) is 122 cm³/mol. The molecule has 1 fully saturated rings. The van der Waals surface area contributed by atoms with Crippen LogP contribution in [0.3, 0.4) is 0 Å². The lowest BCUT2D eigenvalue weighted by Gasteiger charge is -2.19. The number of urea groups is 1. The van der Waals surface area contributed by atoms with Crippen molar-refractivity contribution in [2.24, 2.45) is 0 Å². The van der Waals surface area contributed by atoms with E-state index in [-0.39, 0.29) is 35.7 Å². The average Bonchev–Trinajstić information content (AvgIpc) is 3.45. The number of carboxylic acids is 1. The van der Waals surface area contributed by atoms with E-state index in [2.05, 4.69) is 5.32 Å². The van der Waals surface area contributed by atoms with Crippen molar-refractivity contribution >= 4 is 17.7 Å². The van der Waals surface area contributed by atoms with Crippen LogP contribution in [0.5, 0.6) is 0 Å². The SMILES string of the molecule is O=C(O)c1cn(-c2ccc(N3CCNC3=O)cc2)c(=O)n(C2CCc3c2cccc3C(F)(F)F)c1=O. The molecular formula is C24H19F3N4O5. The van der Waals surface area contributed by atoms with Gasteiger partial charge in [0.25, 0.3) is 5.56 Å². The molecule has 0 bridgehead atoms. The number of halogens is 3. The molecule has 5 rings (SSSR count). The number of nitrogens with zero attached hydrogens (tertiary/aromatic N) is 3. The maximum atomic E-state index is 13.5. The molecule has 2 N–H and O–H groups in total. The highest BCUT2D eigenvalue weighted by Crippen LogP contribution is 2.41. The quantitative estimate of drug-likeness (QED) is 0.572. The van der Waals surface area contributed by atoms with Crippen molar-refractivity contribution in [3.05, 3.63) is 91.8 Å². The highest BCUT2D eigenvalue weighted by molar-refractivity contribution is 5.94. The third-order valence-electron chi connectivity index (χ3n) is 6.50. The summed E-state index contributed by atoms with van der Waals surface area (Å²) in [5.74, 6) is -1.57. The minimum Gasteiger partial charge on any atom is -0.477 e. The molecule has 2 aliphatic rings. The third-order valence-corrected chi connectivity index (χ3v) is 6.50. The number of benzene rings is 2.